The fraction of sp³-hybridized carbons (Fsp3) is 0.462. The molecule has 1 heterocycles. The molecular formula is C13H18N2O3. The number of nitrogens with zero attached hydrogens (tertiary/aromatic N) is 1. The summed E-state index contributed by atoms with van der Waals surface area (Å²) in [6, 6.07) is 5.94. The van der Waals surface area contributed by atoms with Crippen LogP contribution in [0.5, 0.6) is 0 Å². The Morgan fingerprint density at radius 3 is 3.06 bits per heavy atom. The van der Waals surface area contributed by atoms with E-state index in [4.69, 9.17) is 14.6 Å². The molecule has 0 fully saturated rings. The van der Waals surface area contributed by atoms with Crippen molar-refractivity contribution in [3.63, 3.8) is 0 Å². The zero-order chi connectivity index (χ0) is 13.0. The molecule has 2 rings (SSSR count). The molecule has 0 saturated carbocycles. The SMILES string of the molecule is Cc1nc2cc(CCNCC(O)CO)ccc2o1. The zero-order valence-corrected chi connectivity index (χ0v) is 10.4. The van der Waals surface area contributed by atoms with Crippen LogP contribution in [0.4, 0.5) is 0 Å². The predicted molar refractivity (Wildman–Crippen MR) is 68.4 cm³/mol. The molecular weight excluding hydrogens is 232 g/mol. The summed E-state index contributed by atoms with van der Waals surface area (Å²) < 4.78 is 5.41. The van der Waals surface area contributed by atoms with Gasteiger partial charge in [-0.2, -0.15) is 0 Å². The van der Waals surface area contributed by atoms with Gasteiger partial charge in [0.15, 0.2) is 11.5 Å². The first-order valence-corrected chi connectivity index (χ1v) is 6.05. The van der Waals surface area contributed by atoms with E-state index in [-0.39, 0.29) is 6.61 Å². The number of aryl methyl sites for hydroxylation is 1. The molecule has 1 unspecified atom stereocenters. The molecule has 5 nitrogen and oxygen atoms in total. The van der Waals surface area contributed by atoms with Gasteiger partial charge in [-0.25, -0.2) is 4.98 Å². The average molecular weight is 250 g/mol. The maximum atomic E-state index is 9.16. The van der Waals surface area contributed by atoms with E-state index >= 15 is 0 Å². The van der Waals surface area contributed by atoms with Gasteiger partial charge in [0.2, 0.25) is 0 Å². The van der Waals surface area contributed by atoms with E-state index < -0.39 is 6.10 Å². The van der Waals surface area contributed by atoms with Crippen LogP contribution >= 0.6 is 0 Å². The molecule has 1 aromatic carbocycles. The van der Waals surface area contributed by atoms with E-state index in [2.05, 4.69) is 10.3 Å². The third-order valence-electron chi connectivity index (χ3n) is 2.74. The third kappa shape index (κ3) is 3.29. The first-order valence-electron chi connectivity index (χ1n) is 6.05. The molecule has 0 amide bonds. The number of benzene rings is 1. The van der Waals surface area contributed by atoms with Gasteiger partial charge in [0.1, 0.15) is 5.52 Å². The largest absolute Gasteiger partial charge is 0.441 e. The lowest BCUT2D eigenvalue weighted by Crippen LogP contribution is -2.30. The molecule has 5 heteroatoms. The molecule has 3 N–H and O–H groups in total. The highest BCUT2D eigenvalue weighted by Gasteiger charge is 2.04. The summed E-state index contributed by atoms with van der Waals surface area (Å²) in [5.41, 5.74) is 2.85. The van der Waals surface area contributed by atoms with Crippen LogP contribution in [0.3, 0.4) is 0 Å². The molecule has 0 saturated heterocycles. The first kappa shape index (κ1) is 13.0. The summed E-state index contributed by atoms with van der Waals surface area (Å²) in [6.45, 7) is 2.77. The zero-order valence-electron chi connectivity index (χ0n) is 10.4. The van der Waals surface area contributed by atoms with Crippen LogP contribution in [0.2, 0.25) is 0 Å². The Labute approximate surface area is 105 Å². The molecule has 0 spiro atoms. The van der Waals surface area contributed by atoms with Gasteiger partial charge in [-0.1, -0.05) is 6.07 Å². The minimum absolute atomic E-state index is 0.211. The van der Waals surface area contributed by atoms with E-state index in [0.717, 1.165) is 24.1 Å². The number of nitrogens with one attached hydrogen (secondary N) is 1. The van der Waals surface area contributed by atoms with Crippen LogP contribution in [0.1, 0.15) is 11.5 Å². The number of aromatic nitrogens is 1. The number of oxazole rings is 1. The van der Waals surface area contributed by atoms with Crippen molar-refractivity contribution in [1.82, 2.24) is 10.3 Å². The van der Waals surface area contributed by atoms with E-state index in [1.165, 1.54) is 5.56 Å². The van der Waals surface area contributed by atoms with Gasteiger partial charge in [0.05, 0.1) is 12.7 Å². The monoisotopic (exact) mass is 250 g/mol. The van der Waals surface area contributed by atoms with Crippen molar-refractivity contribution in [1.29, 1.82) is 0 Å². The first-order chi connectivity index (χ1) is 8.69. The molecule has 0 aliphatic rings. The molecule has 0 bridgehead atoms. The molecule has 2 aromatic rings. The van der Waals surface area contributed by atoms with E-state index in [1.807, 2.05) is 25.1 Å². The third-order valence-corrected chi connectivity index (χ3v) is 2.74. The van der Waals surface area contributed by atoms with Crippen molar-refractivity contribution in [2.24, 2.45) is 0 Å². The second kappa shape index (κ2) is 5.95. The van der Waals surface area contributed by atoms with Crippen molar-refractivity contribution in [3.8, 4) is 0 Å². The molecule has 18 heavy (non-hydrogen) atoms. The van der Waals surface area contributed by atoms with E-state index in [1.54, 1.807) is 0 Å². The lowest BCUT2D eigenvalue weighted by molar-refractivity contribution is 0.0947. The standard InChI is InChI=1S/C13H18N2O3/c1-9-15-12-6-10(2-3-13(12)18-9)4-5-14-7-11(17)8-16/h2-3,6,11,14,16-17H,4-5,7-8H2,1H3. The minimum Gasteiger partial charge on any atom is -0.441 e. The maximum Gasteiger partial charge on any atom is 0.192 e. The predicted octanol–water partition coefficient (Wildman–Crippen LogP) is 0.622. The topological polar surface area (TPSA) is 78.5 Å². The molecule has 0 aliphatic carbocycles. The van der Waals surface area contributed by atoms with Crippen molar-refractivity contribution in [2.45, 2.75) is 19.4 Å². The van der Waals surface area contributed by atoms with Crippen molar-refractivity contribution in [2.75, 3.05) is 19.7 Å². The molecule has 1 aromatic heterocycles. The van der Waals surface area contributed by atoms with E-state index in [9.17, 15) is 0 Å². The number of hydrogen-bond donors (Lipinski definition) is 3. The summed E-state index contributed by atoms with van der Waals surface area (Å²) in [6.07, 6.45) is 0.158. The second-order valence-corrected chi connectivity index (χ2v) is 4.33. The molecule has 1 atom stereocenters. The maximum absolute atomic E-state index is 9.16. The van der Waals surface area contributed by atoms with Crippen LogP contribution in [0.15, 0.2) is 22.6 Å². The second-order valence-electron chi connectivity index (χ2n) is 4.33. The highest BCUT2D eigenvalue weighted by atomic mass is 16.3. The van der Waals surface area contributed by atoms with Crippen LogP contribution < -0.4 is 5.32 Å². The average Bonchev–Trinajstić information content (AvgIpc) is 2.73. The number of aliphatic hydroxyl groups excluding tert-OH is 2. The lowest BCUT2D eigenvalue weighted by atomic mass is 10.1. The van der Waals surface area contributed by atoms with Crippen molar-refractivity contribution in [3.05, 3.63) is 29.7 Å². The highest BCUT2D eigenvalue weighted by Crippen LogP contribution is 2.16. The quantitative estimate of drug-likeness (QED) is 0.655. The van der Waals surface area contributed by atoms with Crippen LogP contribution in [0.25, 0.3) is 11.1 Å². The van der Waals surface area contributed by atoms with Crippen molar-refractivity contribution < 1.29 is 14.6 Å². The van der Waals surface area contributed by atoms with Crippen LogP contribution in [-0.4, -0.2) is 41.0 Å². The van der Waals surface area contributed by atoms with Gasteiger partial charge in [0, 0.05) is 13.5 Å². The fourth-order valence-corrected chi connectivity index (χ4v) is 1.81. The van der Waals surface area contributed by atoms with Gasteiger partial charge in [-0.3, -0.25) is 0 Å². The summed E-state index contributed by atoms with van der Waals surface area (Å²) in [4.78, 5) is 4.28. The van der Waals surface area contributed by atoms with Gasteiger partial charge in [-0.05, 0) is 30.7 Å². The van der Waals surface area contributed by atoms with Gasteiger partial charge in [-0.15, -0.1) is 0 Å². The smallest absolute Gasteiger partial charge is 0.192 e. The Morgan fingerprint density at radius 1 is 1.44 bits per heavy atom. The molecule has 0 aliphatic heterocycles. The highest BCUT2D eigenvalue weighted by molar-refractivity contribution is 5.73. The minimum atomic E-state index is -0.689. The van der Waals surface area contributed by atoms with Gasteiger partial charge in [0.25, 0.3) is 0 Å². The lowest BCUT2D eigenvalue weighted by Gasteiger charge is -2.08. The number of rotatable bonds is 6. The Bertz CT molecular complexity index is 510. The van der Waals surface area contributed by atoms with Gasteiger partial charge < -0.3 is 19.9 Å². The van der Waals surface area contributed by atoms with Crippen LogP contribution in [0, 0.1) is 6.92 Å². The normalized spacial score (nSPS) is 13.1. The summed E-state index contributed by atoms with van der Waals surface area (Å²) in [5, 5.41) is 20.9. The summed E-state index contributed by atoms with van der Waals surface area (Å²) in [5.74, 6) is 0.673. The summed E-state index contributed by atoms with van der Waals surface area (Å²) in [7, 11) is 0. The summed E-state index contributed by atoms with van der Waals surface area (Å²) >= 11 is 0. The van der Waals surface area contributed by atoms with Crippen LogP contribution in [-0.2, 0) is 6.42 Å². The van der Waals surface area contributed by atoms with Gasteiger partial charge >= 0.3 is 0 Å². The number of fused-ring (bicyclic) bond motifs is 1. The Kier molecular flexibility index (Phi) is 4.30. The Balaban J connectivity index is 1.87. The Hall–Kier alpha value is -1.43. The molecule has 98 valence electrons. The fourth-order valence-electron chi connectivity index (χ4n) is 1.81. The van der Waals surface area contributed by atoms with E-state index in [0.29, 0.717) is 12.4 Å². The number of hydrogen-bond acceptors (Lipinski definition) is 5. The molecule has 0 radical (unpaired) electrons. The number of aliphatic hydroxyl groups is 2. The Morgan fingerprint density at radius 2 is 2.28 bits per heavy atom. The van der Waals surface area contributed by atoms with Crippen molar-refractivity contribution >= 4 is 11.1 Å².